The fourth-order valence-corrected chi connectivity index (χ4v) is 2.11. The van der Waals surface area contributed by atoms with Gasteiger partial charge < -0.3 is 9.15 Å². The SMILES string of the molecule is COc1cc(CC(Br)c2ccc(Cl)o2)ncn1. The Labute approximate surface area is 112 Å². The van der Waals surface area contributed by atoms with Crippen LogP contribution < -0.4 is 4.74 Å². The van der Waals surface area contributed by atoms with Crippen molar-refractivity contribution in [3.63, 3.8) is 0 Å². The van der Waals surface area contributed by atoms with Gasteiger partial charge in [-0.15, -0.1) is 0 Å². The standard InChI is InChI=1S/C11H10BrClN2O2/c1-16-11-5-7(14-6-15-11)4-8(12)9-2-3-10(13)17-9/h2-3,5-6,8H,4H2,1H3. The molecule has 2 heterocycles. The number of aromatic nitrogens is 2. The van der Waals surface area contributed by atoms with Crippen LogP contribution in [0, 0.1) is 0 Å². The summed E-state index contributed by atoms with van der Waals surface area (Å²) in [5, 5.41) is 0.379. The van der Waals surface area contributed by atoms with Crippen molar-refractivity contribution in [2.75, 3.05) is 7.11 Å². The minimum absolute atomic E-state index is 0.0228. The molecule has 2 rings (SSSR count). The van der Waals surface area contributed by atoms with E-state index in [2.05, 4.69) is 25.9 Å². The van der Waals surface area contributed by atoms with E-state index in [1.807, 2.05) is 6.07 Å². The van der Waals surface area contributed by atoms with Crippen LogP contribution in [0.5, 0.6) is 5.88 Å². The van der Waals surface area contributed by atoms with Gasteiger partial charge in [-0.1, -0.05) is 15.9 Å². The molecule has 0 saturated heterocycles. The molecule has 0 aliphatic carbocycles. The molecule has 0 aliphatic heterocycles. The molecule has 0 N–H and O–H groups in total. The average molecular weight is 318 g/mol. The van der Waals surface area contributed by atoms with Crippen LogP contribution in [0.1, 0.15) is 16.3 Å². The zero-order valence-electron chi connectivity index (χ0n) is 9.06. The van der Waals surface area contributed by atoms with Crippen molar-refractivity contribution in [2.24, 2.45) is 0 Å². The van der Waals surface area contributed by atoms with E-state index in [-0.39, 0.29) is 4.83 Å². The van der Waals surface area contributed by atoms with Crippen LogP contribution in [0.15, 0.2) is 28.9 Å². The summed E-state index contributed by atoms with van der Waals surface area (Å²) in [6, 6.07) is 5.34. The highest BCUT2D eigenvalue weighted by Gasteiger charge is 2.14. The molecule has 0 saturated carbocycles. The lowest BCUT2D eigenvalue weighted by molar-refractivity contribution is 0.395. The molecular weight excluding hydrogens is 307 g/mol. The first kappa shape index (κ1) is 12.4. The molecule has 1 atom stereocenters. The van der Waals surface area contributed by atoms with Crippen LogP contribution in [0.3, 0.4) is 0 Å². The molecule has 2 aromatic heterocycles. The number of hydrogen-bond acceptors (Lipinski definition) is 4. The predicted molar refractivity (Wildman–Crippen MR) is 67.7 cm³/mol. The molecule has 0 fully saturated rings. The van der Waals surface area contributed by atoms with Gasteiger partial charge in [0.1, 0.15) is 12.1 Å². The lowest BCUT2D eigenvalue weighted by Gasteiger charge is -2.06. The summed E-state index contributed by atoms with van der Waals surface area (Å²) in [4.78, 5) is 8.14. The highest BCUT2D eigenvalue weighted by atomic mass is 79.9. The van der Waals surface area contributed by atoms with Crippen LogP contribution in [-0.4, -0.2) is 17.1 Å². The maximum Gasteiger partial charge on any atom is 0.216 e. The Kier molecular flexibility index (Phi) is 4.02. The predicted octanol–water partition coefficient (Wildman–Crippen LogP) is 3.41. The maximum atomic E-state index is 5.72. The second kappa shape index (κ2) is 5.51. The molecule has 1 unspecified atom stereocenters. The van der Waals surface area contributed by atoms with Crippen LogP contribution >= 0.6 is 27.5 Å². The number of rotatable bonds is 4. The molecule has 0 aromatic carbocycles. The van der Waals surface area contributed by atoms with Crippen molar-refractivity contribution in [2.45, 2.75) is 11.2 Å². The molecule has 0 bridgehead atoms. The number of alkyl halides is 1. The summed E-state index contributed by atoms with van der Waals surface area (Å²) >= 11 is 9.25. The van der Waals surface area contributed by atoms with E-state index < -0.39 is 0 Å². The topological polar surface area (TPSA) is 48.2 Å². The molecule has 0 radical (unpaired) electrons. The third-order valence-corrected chi connectivity index (χ3v) is 3.18. The molecule has 2 aromatic rings. The van der Waals surface area contributed by atoms with E-state index in [0.717, 1.165) is 11.5 Å². The monoisotopic (exact) mass is 316 g/mol. The van der Waals surface area contributed by atoms with Gasteiger partial charge in [0.2, 0.25) is 5.88 Å². The van der Waals surface area contributed by atoms with Gasteiger partial charge in [-0.3, -0.25) is 0 Å². The van der Waals surface area contributed by atoms with Gasteiger partial charge >= 0.3 is 0 Å². The Morgan fingerprint density at radius 1 is 1.47 bits per heavy atom. The lowest BCUT2D eigenvalue weighted by atomic mass is 10.2. The molecular formula is C11H10BrClN2O2. The van der Waals surface area contributed by atoms with E-state index in [0.29, 0.717) is 17.5 Å². The molecule has 17 heavy (non-hydrogen) atoms. The Morgan fingerprint density at radius 2 is 2.29 bits per heavy atom. The molecule has 0 aliphatic rings. The first-order chi connectivity index (χ1) is 8.19. The molecule has 0 amide bonds. The number of methoxy groups -OCH3 is 1. The normalized spacial score (nSPS) is 12.4. The summed E-state index contributed by atoms with van der Waals surface area (Å²) in [5.41, 5.74) is 0.867. The van der Waals surface area contributed by atoms with Gasteiger partial charge in [-0.2, -0.15) is 0 Å². The Balaban J connectivity index is 2.09. The fourth-order valence-electron chi connectivity index (χ4n) is 1.38. The Hall–Kier alpha value is -1.07. The summed E-state index contributed by atoms with van der Waals surface area (Å²) in [6.45, 7) is 0. The maximum absolute atomic E-state index is 5.72. The smallest absolute Gasteiger partial charge is 0.216 e. The number of ether oxygens (including phenoxy) is 1. The number of halogens is 2. The van der Waals surface area contributed by atoms with Crippen molar-refractivity contribution in [1.82, 2.24) is 9.97 Å². The number of hydrogen-bond donors (Lipinski definition) is 0. The van der Waals surface area contributed by atoms with E-state index in [9.17, 15) is 0 Å². The van der Waals surface area contributed by atoms with E-state index in [4.69, 9.17) is 20.8 Å². The molecule has 0 spiro atoms. The minimum Gasteiger partial charge on any atom is -0.481 e. The summed E-state index contributed by atoms with van der Waals surface area (Å²) < 4.78 is 10.4. The highest BCUT2D eigenvalue weighted by molar-refractivity contribution is 9.09. The first-order valence-corrected chi connectivity index (χ1v) is 6.22. The van der Waals surface area contributed by atoms with E-state index in [1.54, 1.807) is 19.2 Å². The van der Waals surface area contributed by atoms with Gasteiger partial charge in [0.25, 0.3) is 0 Å². The molecule has 90 valence electrons. The van der Waals surface area contributed by atoms with Crippen molar-refractivity contribution < 1.29 is 9.15 Å². The second-order valence-electron chi connectivity index (χ2n) is 3.37. The first-order valence-electron chi connectivity index (χ1n) is 4.93. The van der Waals surface area contributed by atoms with Crippen LogP contribution in [0.4, 0.5) is 0 Å². The van der Waals surface area contributed by atoms with Crippen molar-refractivity contribution >= 4 is 27.5 Å². The van der Waals surface area contributed by atoms with E-state index in [1.165, 1.54) is 6.33 Å². The third kappa shape index (κ3) is 3.20. The minimum atomic E-state index is 0.0228. The van der Waals surface area contributed by atoms with Gasteiger partial charge in [0.05, 0.1) is 11.9 Å². The third-order valence-electron chi connectivity index (χ3n) is 2.20. The van der Waals surface area contributed by atoms with Crippen LogP contribution in [0.25, 0.3) is 0 Å². The molecule has 6 heteroatoms. The quantitative estimate of drug-likeness (QED) is 0.811. The second-order valence-corrected chi connectivity index (χ2v) is 4.84. The van der Waals surface area contributed by atoms with Crippen LogP contribution in [0.2, 0.25) is 5.22 Å². The number of nitrogens with zero attached hydrogens (tertiary/aromatic N) is 2. The van der Waals surface area contributed by atoms with Gasteiger partial charge in [0.15, 0.2) is 5.22 Å². The largest absolute Gasteiger partial charge is 0.481 e. The summed E-state index contributed by atoms with van der Waals surface area (Å²) in [5.74, 6) is 1.32. The van der Waals surface area contributed by atoms with Crippen molar-refractivity contribution in [3.05, 3.63) is 41.2 Å². The van der Waals surface area contributed by atoms with Crippen molar-refractivity contribution in [3.8, 4) is 5.88 Å². The van der Waals surface area contributed by atoms with Gasteiger partial charge in [-0.25, -0.2) is 9.97 Å². The highest BCUT2D eigenvalue weighted by Crippen LogP contribution is 2.29. The fraction of sp³-hybridized carbons (Fsp3) is 0.273. The Morgan fingerprint density at radius 3 is 2.94 bits per heavy atom. The summed E-state index contributed by atoms with van der Waals surface area (Å²) in [7, 11) is 1.57. The average Bonchev–Trinajstić information content (AvgIpc) is 2.76. The van der Waals surface area contributed by atoms with Crippen LogP contribution in [-0.2, 0) is 6.42 Å². The molecule has 4 nitrogen and oxygen atoms in total. The zero-order chi connectivity index (χ0) is 12.3. The zero-order valence-corrected chi connectivity index (χ0v) is 11.4. The van der Waals surface area contributed by atoms with E-state index >= 15 is 0 Å². The number of furan rings is 1. The Bertz CT molecular complexity index is 504. The van der Waals surface area contributed by atoms with Gasteiger partial charge in [-0.05, 0) is 23.7 Å². The van der Waals surface area contributed by atoms with Crippen molar-refractivity contribution in [1.29, 1.82) is 0 Å². The van der Waals surface area contributed by atoms with Gasteiger partial charge in [0, 0.05) is 18.2 Å². The lowest BCUT2D eigenvalue weighted by Crippen LogP contribution is -1.98. The summed E-state index contributed by atoms with van der Waals surface area (Å²) in [6.07, 6.45) is 2.14.